The van der Waals surface area contributed by atoms with Crippen molar-refractivity contribution in [2.75, 3.05) is 18.4 Å². The SMILES string of the molecule is C=CCN(CC=C)C(=O)Nc1nc(C(F)(F)F)cs1. The maximum Gasteiger partial charge on any atom is 0.434 e. The quantitative estimate of drug-likeness (QED) is 0.845. The molecule has 19 heavy (non-hydrogen) atoms. The lowest BCUT2D eigenvalue weighted by molar-refractivity contribution is -0.140. The molecule has 0 aliphatic rings. The summed E-state index contributed by atoms with van der Waals surface area (Å²) in [6.45, 7) is 7.50. The van der Waals surface area contributed by atoms with Gasteiger partial charge < -0.3 is 4.90 Å². The number of nitrogens with one attached hydrogen (secondary N) is 1. The summed E-state index contributed by atoms with van der Waals surface area (Å²) in [7, 11) is 0. The van der Waals surface area contributed by atoms with Gasteiger partial charge in [0.15, 0.2) is 10.8 Å². The molecule has 4 nitrogen and oxygen atoms in total. The van der Waals surface area contributed by atoms with Crippen LogP contribution in [0.3, 0.4) is 0 Å². The molecule has 0 bridgehead atoms. The molecule has 0 aliphatic carbocycles. The van der Waals surface area contributed by atoms with Crippen LogP contribution in [0.15, 0.2) is 30.7 Å². The molecule has 0 fully saturated rings. The lowest BCUT2D eigenvalue weighted by atomic mass is 10.5. The smallest absolute Gasteiger partial charge is 0.317 e. The summed E-state index contributed by atoms with van der Waals surface area (Å²) < 4.78 is 37.0. The largest absolute Gasteiger partial charge is 0.434 e. The topological polar surface area (TPSA) is 45.2 Å². The van der Waals surface area contributed by atoms with Gasteiger partial charge in [0.25, 0.3) is 0 Å². The maximum atomic E-state index is 12.3. The molecule has 1 aromatic heterocycles. The summed E-state index contributed by atoms with van der Waals surface area (Å²) >= 11 is 0.717. The van der Waals surface area contributed by atoms with E-state index in [-0.39, 0.29) is 18.2 Å². The molecule has 1 heterocycles. The Kier molecular flexibility index (Phi) is 5.11. The molecule has 104 valence electrons. The van der Waals surface area contributed by atoms with E-state index in [4.69, 9.17) is 0 Å². The van der Waals surface area contributed by atoms with E-state index in [0.29, 0.717) is 11.3 Å². The molecule has 1 N–H and O–H groups in total. The highest BCUT2D eigenvalue weighted by atomic mass is 32.1. The van der Waals surface area contributed by atoms with Gasteiger partial charge in [-0.25, -0.2) is 9.78 Å². The fraction of sp³-hybridized carbons (Fsp3) is 0.273. The first kappa shape index (κ1) is 15.2. The van der Waals surface area contributed by atoms with E-state index in [9.17, 15) is 18.0 Å². The Morgan fingerprint density at radius 1 is 1.42 bits per heavy atom. The molecule has 0 aliphatic heterocycles. The summed E-state index contributed by atoms with van der Waals surface area (Å²) in [6.07, 6.45) is -1.50. The highest BCUT2D eigenvalue weighted by Crippen LogP contribution is 2.31. The Labute approximate surface area is 112 Å². The van der Waals surface area contributed by atoms with Gasteiger partial charge in [-0.1, -0.05) is 12.2 Å². The molecule has 0 aromatic carbocycles. The molecule has 0 atom stereocenters. The first-order valence-electron chi connectivity index (χ1n) is 5.19. The lowest BCUT2D eigenvalue weighted by Crippen LogP contribution is -2.35. The monoisotopic (exact) mass is 291 g/mol. The van der Waals surface area contributed by atoms with Crippen LogP contribution in [0.2, 0.25) is 0 Å². The summed E-state index contributed by atoms with van der Waals surface area (Å²) in [5, 5.41) is 3.05. The van der Waals surface area contributed by atoms with E-state index in [1.807, 2.05) is 0 Å². The predicted molar refractivity (Wildman–Crippen MR) is 68.1 cm³/mol. The number of carbonyl (C=O) groups is 1. The Morgan fingerprint density at radius 2 is 2.00 bits per heavy atom. The highest BCUT2D eigenvalue weighted by Gasteiger charge is 2.34. The normalized spacial score (nSPS) is 10.9. The van der Waals surface area contributed by atoms with Crippen molar-refractivity contribution >= 4 is 22.5 Å². The standard InChI is InChI=1S/C11H12F3N3OS/c1-3-5-17(6-4-2)10(18)16-9-15-8(7-19-9)11(12,13)14/h3-4,7H,1-2,5-6H2,(H,15,16,18). The van der Waals surface area contributed by atoms with Crippen molar-refractivity contribution in [2.24, 2.45) is 0 Å². The van der Waals surface area contributed by atoms with Crippen LogP contribution in [0.25, 0.3) is 0 Å². The summed E-state index contributed by atoms with van der Waals surface area (Å²) in [5.74, 6) is 0. The van der Waals surface area contributed by atoms with Gasteiger partial charge in [0.1, 0.15) is 0 Å². The van der Waals surface area contributed by atoms with Gasteiger partial charge in [0.05, 0.1) is 0 Å². The summed E-state index contributed by atoms with van der Waals surface area (Å²) in [5.41, 5.74) is -1.02. The van der Waals surface area contributed by atoms with Crippen LogP contribution in [-0.2, 0) is 6.18 Å². The van der Waals surface area contributed by atoms with E-state index in [1.54, 1.807) is 0 Å². The maximum absolute atomic E-state index is 12.3. The predicted octanol–water partition coefficient (Wildman–Crippen LogP) is 3.37. The average Bonchev–Trinajstić information content (AvgIpc) is 2.77. The van der Waals surface area contributed by atoms with Crippen molar-refractivity contribution in [1.29, 1.82) is 0 Å². The van der Waals surface area contributed by atoms with Gasteiger partial charge >= 0.3 is 12.2 Å². The van der Waals surface area contributed by atoms with Crippen molar-refractivity contribution in [2.45, 2.75) is 6.18 Å². The Balaban J connectivity index is 2.72. The number of halogens is 3. The van der Waals surface area contributed by atoms with Crippen molar-refractivity contribution in [3.63, 3.8) is 0 Å². The summed E-state index contributed by atoms with van der Waals surface area (Å²) in [4.78, 5) is 16.4. The second-order valence-corrected chi connectivity index (χ2v) is 4.31. The number of urea groups is 1. The van der Waals surface area contributed by atoms with E-state index >= 15 is 0 Å². The van der Waals surface area contributed by atoms with E-state index < -0.39 is 17.9 Å². The first-order valence-corrected chi connectivity index (χ1v) is 6.07. The molecule has 0 unspecified atom stereocenters. The summed E-state index contributed by atoms with van der Waals surface area (Å²) in [6, 6.07) is -0.553. The number of aromatic nitrogens is 1. The molecule has 0 saturated heterocycles. The number of amides is 2. The number of carbonyl (C=O) groups excluding carboxylic acids is 1. The first-order chi connectivity index (χ1) is 8.88. The molecule has 2 amide bonds. The molecular formula is C11H12F3N3OS. The number of rotatable bonds is 5. The third-order valence-electron chi connectivity index (χ3n) is 1.99. The Morgan fingerprint density at radius 3 is 2.42 bits per heavy atom. The minimum atomic E-state index is -4.51. The molecule has 0 radical (unpaired) electrons. The lowest BCUT2D eigenvalue weighted by Gasteiger charge is -2.18. The number of anilines is 1. The minimum Gasteiger partial charge on any atom is -0.317 e. The van der Waals surface area contributed by atoms with Crippen LogP contribution < -0.4 is 5.32 Å². The van der Waals surface area contributed by atoms with Crippen molar-refractivity contribution in [3.8, 4) is 0 Å². The third-order valence-corrected chi connectivity index (χ3v) is 2.75. The van der Waals surface area contributed by atoms with Gasteiger partial charge in [-0.15, -0.1) is 24.5 Å². The molecule has 8 heteroatoms. The van der Waals surface area contributed by atoms with Gasteiger partial charge in [-0.3, -0.25) is 5.32 Å². The van der Waals surface area contributed by atoms with Crippen LogP contribution in [-0.4, -0.2) is 29.0 Å². The van der Waals surface area contributed by atoms with Crippen molar-refractivity contribution in [1.82, 2.24) is 9.88 Å². The Hall–Kier alpha value is -1.83. The number of hydrogen-bond acceptors (Lipinski definition) is 3. The zero-order chi connectivity index (χ0) is 14.5. The number of thiazole rings is 1. The molecule has 0 spiro atoms. The van der Waals surface area contributed by atoms with E-state index in [2.05, 4.69) is 23.5 Å². The molecule has 1 aromatic rings. The van der Waals surface area contributed by atoms with Crippen LogP contribution in [0.5, 0.6) is 0 Å². The van der Waals surface area contributed by atoms with Crippen molar-refractivity contribution < 1.29 is 18.0 Å². The fourth-order valence-electron chi connectivity index (χ4n) is 1.18. The van der Waals surface area contributed by atoms with Gasteiger partial charge in [-0.2, -0.15) is 13.2 Å². The fourth-order valence-corrected chi connectivity index (χ4v) is 1.89. The zero-order valence-electron chi connectivity index (χ0n) is 9.91. The van der Waals surface area contributed by atoms with Crippen LogP contribution in [0.1, 0.15) is 5.69 Å². The number of nitrogens with zero attached hydrogens (tertiary/aromatic N) is 2. The van der Waals surface area contributed by atoms with Crippen molar-refractivity contribution in [3.05, 3.63) is 36.4 Å². The number of hydrogen-bond donors (Lipinski definition) is 1. The highest BCUT2D eigenvalue weighted by molar-refractivity contribution is 7.13. The van der Waals surface area contributed by atoms with Crippen LogP contribution in [0.4, 0.5) is 23.1 Å². The molecule has 1 rings (SSSR count). The minimum absolute atomic E-state index is 0.101. The van der Waals surface area contributed by atoms with Crippen LogP contribution >= 0.6 is 11.3 Å². The van der Waals surface area contributed by atoms with Gasteiger partial charge in [0, 0.05) is 18.5 Å². The number of alkyl halides is 3. The second kappa shape index (κ2) is 6.37. The molecular weight excluding hydrogens is 279 g/mol. The van der Waals surface area contributed by atoms with E-state index in [1.165, 1.54) is 17.1 Å². The van der Waals surface area contributed by atoms with Gasteiger partial charge in [0.2, 0.25) is 0 Å². The van der Waals surface area contributed by atoms with Gasteiger partial charge in [-0.05, 0) is 0 Å². The Bertz CT molecular complexity index is 460. The third kappa shape index (κ3) is 4.40. The van der Waals surface area contributed by atoms with Crippen LogP contribution in [0, 0.1) is 0 Å². The molecule has 0 saturated carbocycles. The second-order valence-electron chi connectivity index (χ2n) is 3.45. The zero-order valence-corrected chi connectivity index (χ0v) is 10.7. The average molecular weight is 291 g/mol. The van der Waals surface area contributed by atoms with E-state index in [0.717, 1.165) is 5.38 Å².